The van der Waals surface area contributed by atoms with E-state index in [1.165, 1.54) is 6.07 Å². The summed E-state index contributed by atoms with van der Waals surface area (Å²) in [6, 6.07) is 1.21. The van der Waals surface area contributed by atoms with Crippen molar-refractivity contribution in [2.45, 2.75) is 13.8 Å². The standard InChI is InChI=1S/C9H13ClN2O4S2/c1-6-7(2)11-9(10)5-8(6)12(17(3,13)14)18(4,15)16/h5H,1-4H3. The Morgan fingerprint density at radius 2 is 1.56 bits per heavy atom. The molecule has 0 aliphatic rings. The van der Waals surface area contributed by atoms with Gasteiger partial charge >= 0.3 is 0 Å². The van der Waals surface area contributed by atoms with Crippen molar-refractivity contribution in [1.82, 2.24) is 4.98 Å². The molecule has 0 spiro atoms. The quantitative estimate of drug-likeness (QED) is 0.780. The Balaban J connectivity index is 3.71. The molecule has 0 saturated carbocycles. The van der Waals surface area contributed by atoms with Gasteiger partial charge in [-0.3, -0.25) is 0 Å². The molecule has 102 valence electrons. The van der Waals surface area contributed by atoms with Gasteiger partial charge in [0.1, 0.15) is 5.15 Å². The molecule has 1 heterocycles. The summed E-state index contributed by atoms with van der Waals surface area (Å²) in [5, 5.41) is 0.0328. The third-order valence-electron chi connectivity index (χ3n) is 2.26. The minimum atomic E-state index is -3.97. The molecule has 1 rings (SSSR count). The number of aromatic nitrogens is 1. The first-order chi connectivity index (χ1) is 7.94. The average molecular weight is 313 g/mol. The molecule has 0 N–H and O–H groups in total. The third kappa shape index (κ3) is 3.12. The molecule has 0 aliphatic carbocycles. The van der Waals surface area contributed by atoms with Crippen molar-refractivity contribution in [2.75, 3.05) is 16.2 Å². The van der Waals surface area contributed by atoms with Gasteiger partial charge in [-0.25, -0.2) is 21.8 Å². The Hall–Kier alpha value is -0.860. The Labute approximate surface area is 112 Å². The topological polar surface area (TPSA) is 84.4 Å². The molecule has 0 radical (unpaired) electrons. The van der Waals surface area contributed by atoms with Gasteiger partial charge in [0.15, 0.2) is 0 Å². The summed E-state index contributed by atoms with van der Waals surface area (Å²) >= 11 is 5.74. The molecule has 1 aromatic heterocycles. The van der Waals surface area contributed by atoms with Crippen LogP contribution in [0.2, 0.25) is 5.15 Å². The molecule has 0 atom stereocenters. The summed E-state index contributed by atoms with van der Waals surface area (Å²) in [5.74, 6) is 0. The van der Waals surface area contributed by atoms with Crippen LogP contribution in [0.15, 0.2) is 6.07 Å². The highest BCUT2D eigenvalue weighted by molar-refractivity contribution is 8.09. The fourth-order valence-electron chi connectivity index (χ4n) is 1.48. The first kappa shape index (κ1) is 15.2. The lowest BCUT2D eigenvalue weighted by atomic mass is 10.2. The summed E-state index contributed by atoms with van der Waals surface area (Å²) in [4.78, 5) is 3.93. The Morgan fingerprint density at radius 3 is 1.94 bits per heavy atom. The largest absolute Gasteiger partial charge is 0.245 e. The number of rotatable bonds is 3. The zero-order valence-corrected chi connectivity index (χ0v) is 12.7. The van der Waals surface area contributed by atoms with Crippen molar-refractivity contribution in [2.24, 2.45) is 0 Å². The van der Waals surface area contributed by atoms with E-state index in [4.69, 9.17) is 11.6 Å². The molecule has 0 bridgehead atoms. The van der Waals surface area contributed by atoms with Crippen LogP contribution in [0.4, 0.5) is 5.69 Å². The second kappa shape index (κ2) is 4.67. The van der Waals surface area contributed by atoms with Crippen molar-refractivity contribution < 1.29 is 16.8 Å². The lowest BCUT2D eigenvalue weighted by Crippen LogP contribution is -2.36. The number of anilines is 1. The van der Waals surface area contributed by atoms with Gasteiger partial charge in [0, 0.05) is 11.8 Å². The molecule has 0 aliphatic heterocycles. The first-order valence-corrected chi connectivity index (χ1v) is 8.86. The number of hydrogen-bond acceptors (Lipinski definition) is 5. The smallest absolute Gasteiger partial charge is 0.241 e. The number of sulfonamides is 2. The van der Waals surface area contributed by atoms with Gasteiger partial charge in [-0.2, -0.15) is 3.71 Å². The van der Waals surface area contributed by atoms with Crippen molar-refractivity contribution >= 4 is 37.3 Å². The van der Waals surface area contributed by atoms with Crippen LogP contribution in [-0.2, 0) is 20.0 Å². The van der Waals surface area contributed by atoms with Crippen LogP contribution in [-0.4, -0.2) is 34.3 Å². The Morgan fingerprint density at radius 1 is 1.11 bits per heavy atom. The molecule has 0 aromatic carbocycles. The highest BCUT2D eigenvalue weighted by Gasteiger charge is 2.29. The summed E-state index contributed by atoms with van der Waals surface area (Å²) in [6.07, 6.45) is 1.63. The van der Waals surface area contributed by atoms with Gasteiger partial charge in [-0.15, -0.1) is 0 Å². The number of aryl methyl sites for hydroxylation is 1. The van der Waals surface area contributed by atoms with Crippen LogP contribution in [0.25, 0.3) is 0 Å². The van der Waals surface area contributed by atoms with Gasteiger partial charge < -0.3 is 0 Å². The lowest BCUT2D eigenvalue weighted by Gasteiger charge is -2.22. The molecule has 18 heavy (non-hydrogen) atoms. The fraction of sp³-hybridized carbons (Fsp3) is 0.444. The maximum atomic E-state index is 11.6. The molecular weight excluding hydrogens is 300 g/mol. The monoisotopic (exact) mass is 312 g/mol. The van der Waals surface area contributed by atoms with Gasteiger partial charge in [0.2, 0.25) is 20.0 Å². The van der Waals surface area contributed by atoms with Crippen LogP contribution >= 0.6 is 11.6 Å². The van der Waals surface area contributed by atoms with Crippen LogP contribution in [0.5, 0.6) is 0 Å². The highest BCUT2D eigenvalue weighted by atomic mass is 35.5. The average Bonchev–Trinajstić information content (AvgIpc) is 2.08. The Kier molecular flexibility index (Phi) is 3.94. The van der Waals surface area contributed by atoms with E-state index >= 15 is 0 Å². The van der Waals surface area contributed by atoms with Crippen LogP contribution in [0.1, 0.15) is 11.3 Å². The fourth-order valence-corrected chi connectivity index (χ4v) is 4.77. The van der Waals surface area contributed by atoms with Crippen LogP contribution < -0.4 is 3.71 Å². The highest BCUT2D eigenvalue weighted by Crippen LogP contribution is 2.28. The van der Waals surface area contributed by atoms with Gasteiger partial charge in [-0.1, -0.05) is 11.6 Å². The number of halogens is 1. The summed E-state index contributed by atoms with van der Waals surface area (Å²) in [7, 11) is -7.95. The van der Waals surface area contributed by atoms with Crippen LogP contribution in [0, 0.1) is 13.8 Å². The van der Waals surface area contributed by atoms with E-state index in [-0.39, 0.29) is 10.8 Å². The second-order valence-corrected chi connectivity index (χ2v) is 8.18. The molecule has 0 amide bonds. The zero-order chi connectivity index (χ0) is 14.3. The summed E-state index contributed by atoms with van der Waals surface area (Å²) in [6.45, 7) is 3.20. The number of nitrogens with zero attached hydrogens (tertiary/aromatic N) is 2. The van der Waals surface area contributed by atoms with E-state index in [0.29, 0.717) is 15.0 Å². The third-order valence-corrected chi connectivity index (χ3v) is 5.67. The number of hydrogen-bond donors (Lipinski definition) is 0. The maximum Gasteiger partial charge on any atom is 0.245 e. The van der Waals surface area contributed by atoms with E-state index in [1.807, 2.05) is 0 Å². The molecule has 0 fully saturated rings. The van der Waals surface area contributed by atoms with E-state index < -0.39 is 20.0 Å². The van der Waals surface area contributed by atoms with Crippen molar-refractivity contribution in [3.63, 3.8) is 0 Å². The van der Waals surface area contributed by atoms with Gasteiger partial charge in [-0.05, 0) is 19.4 Å². The lowest BCUT2D eigenvalue weighted by molar-refractivity contribution is 0.590. The predicted molar refractivity (Wildman–Crippen MR) is 70.9 cm³/mol. The molecular formula is C9H13ClN2O4S2. The van der Waals surface area contributed by atoms with E-state index in [0.717, 1.165) is 12.5 Å². The molecule has 6 nitrogen and oxygen atoms in total. The molecule has 0 unspecified atom stereocenters. The van der Waals surface area contributed by atoms with E-state index in [2.05, 4.69) is 4.98 Å². The van der Waals surface area contributed by atoms with Gasteiger partial charge in [0.25, 0.3) is 0 Å². The number of pyridine rings is 1. The summed E-state index contributed by atoms with van der Waals surface area (Å²) in [5.41, 5.74) is 0.905. The van der Waals surface area contributed by atoms with E-state index in [1.54, 1.807) is 13.8 Å². The predicted octanol–water partition coefficient (Wildman–Crippen LogP) is 1.08. The van der Waals surface area contributed by atoms with Crippen LogP contribution in [0.3, 0.4) is 0 Å². The van der Waals surface area contributed by atoms with Crippen molar-refractivity contribution in [1.29, 1.82) is 0 Å². The van der Waals surface area contributed by atoms with Gasteiger partial charge in [0.05, 0.1) is 18.2 Å². The maximum absolute atomic E-state index is 11.6. The minimum Gasteiger partial charge on any atom is -0.241 e. The summed E-state index contributed by atoms with van der Waals surface area (Å²) < 4.78 is 46.9. The first-order valence-electron chi connectivity index (χ1n) is 4.79. The normalized spacial score (nSPS) is 12.5. The minimum absolute atomic E-state index is 0.00231. The van der Waals surface area contributed by atoms with Crippen molar-refractivity contribution in [3.8, 4) is 0 Å². The zero-order valence-electron chi connectivity index (χ0n) is 10.3. The molecule has 0 saturated heterocycles. The molecule has 1 aromatic rings. The molecule has 9 heteroatoms. The Bertz CT molecular complexity index is 651. The SMILES string of the molecule is Cc1nc(Cl)cc(N(S(C)(=O)=O)S(C)(=O)=O)c1C. The van der Waals surface area contributed by atoms with Crippen molar-refractivity contribution in [3.05, 3.63) is 22.5 Å². The van der Waals surface area contributed by atoms with E-state index in [9.17, 15) is 16.8 Å². The second-order valence-electron chi connectivity index (χ2n) is 3.90.